The molecule has 1 aromatic carbocycles. The molecule has 0 bridgehead atoms. The monoisotopic (exact) mass is 313 g/mol. The molecule has 0 radical (unpaired) electrons. The Balaban J connectivity index is 2.82. The lowest BCUT2D eigenvalue weighted by atomic mass is 10.0. The predicted octanol–water partition coefficient (Wildman–Crippen LogP) is 2.67. The first-order valence-electron chi connectivity index (χ1n) is 5.80. The van der Waals surface area contributed by atoms with E-state index in [0.29, 0.717) is 12.1 Å². The zero-order valence-corrected chi connectivity index (χ0v) is 11.6. The van der Waals surface area contributed by atoms with Crippen molar-refractivity contribution < 1.29 is 26.0 Å². The van der Waals surface area contributed by atoms with Crippen LogP contribution in [0.4, 0.5) is 17.6 Å². The topological polar surface area (TPSA) is 60.2 Å². The molecule has 0 amide bonds. The Labute approximate surface area is 114 Å². The summed E-state index contributed by atoms with van der Waals surface area (Å²) in [5.74, 6) is -1.45. The van der Waals surface area contributed by atoms with Crippen LogP contribution in [0.5, 0.6) is 0 Å². The molecule has 0 saturated carbocycles. The number of rotatable bonds is 5. The van der Waals surface area contributed by atoms with Crippen LogP contribution in [0.3, 0.4) is 0 Å². The smallest absolute Gasteiger partial charge is 0.324 e. The number of hydrogen-bond acceptors (Lipinski definition) is 3. The van der Waals surface area contributed by atoms with Crippen molar-refractivity contribution in [2.75, 3.05) is 12.0 Å². The van der Waals surface area contributed by atoms with Gasteiger partial charge in [0.05, 0.1) is 5.56 Å². The summed E-state index contributed by atoms with van der Waals surface area (Å²) in [6, 6.07) is 1.79. The van der Waals surface area contributed by atoms with Crippen LogP contribution in [0, 0.1) is 5.82 Å². The van der Waals surface area contributed by atoms with Crippen molar-refractivity contribution >= 4 is 9.84 Å². The summed E-state index contributed by atoms with van der Waals surface area (Å²) in [7, 11) is -3.14. The van der Waals surface area contributed by atoms with Gasteiger partial charge >= 0.3 is 6.18 Å². The Morgan fingerprint density at radius 2 is 1.90 bits per heavy atom. The van der Waals surface area contributed by atoms with Gasteiger partial charge in [0.15, 0.2) is 0 Å². The van der Waals surface area contributed by atoms with Gasteiger partial charge in [0.2, 0.25) is 0 Å². The van der Waals surface area contributed by atoms with E-state index in [4.69, 9.17) is 5.73 Å². The highest BCUT2D eigenvalue weighted by Gasteiger charge is 2.34. The van der Waals surface area contributed by atoms with Gasteiger partial charge in [0.1, 0.15) is 15.7 Å². The van der Waals surface area contributed by atoms with Crippen molar-refractivity contribution in [1.82, 2.24) is 0 Å². The van der Waals surface area contributed by atoms with E-state index in [1.165, 1.54) is 6.07 Å². The van der Waals surface area contributed by atoms with Crippen LogP contribution < -0.4 is 5.73 Å². The van der Waals surface area contributed by atoms with Crippen molar-refractivity contribution in [3.63, 3.8) is 0 Å². The molecular formula is C12H15F4NO2S. The van der Waals surface area contributed by atoms with E-state index in [0.717, 1.165) is 6.26 Å². The van der Waals surface area contributed by atoms with E-state index in [9.17, 15) is 26.0 Å². The fourth-order valence-electron chi connectivity index (χ4n) is 1.72. The van der Waals surface area contributed by atoms with Crippen LogP contribution in [0.2, 0.25) is 0 Å². The van der Waals surface area contributed by atoms with Gasteiger partial charge < -0.3 is 5.73 Å². The summed E-state index contributed by atoms with van der Waals surface area (Å²) in [6.07, 6.45) is -3.28. The third kappa shape index (κ3) is 5.09. The van der Waals surface area contributed by atoms with Gasteiger partial charge in [0.25, 0.3) is 0 Å². The second kappa shape index (κ2) is 6.09. The predicted molar refractivity (Wildman–Crippen MR) is 67.3 cm³/mol. The van der Waals surface area contributed by atoms with Crippen LogP contribution in [0.1, 0.15) is 30.0 Å². The Bertz CT molecular complexity index is 569. The number of nitrogens with two attached hydrogens (primary N) is 1. The van der Waals surface area contributed by atoms with Crippen molar-refractivity contribution in [2.24, 2.45) is 5.73 Å². The molecule has 1 atom stereocenters. The van der Waals surface area contributed by atoms with Crippen LogP contribution in [0.25, 0.3) is 0 Å². The fraction of sp³-hybridized carbons (Fsp3) is 0.500. The van der Waals surface area contributed by atoms with E-state index >= 15 is 0 Å². The minimum Gasteiger partial charge on any atom is -0.324 e. The first-order valence-corrected chi connectivity index (χ1v) is 7.86. The molecule has 114 valence electrons. The minimum atomic E-state index is -4.79. The Hall–Kier alpha value is -1.15. The lowest BCUT2D eigenvalue weighted by Crippen LogP contribution is -2.15. The van der Waals surface area contributed by atoms with Crippen LogP contribution in [-0.2, 0) is 16.0 Å². The summed E-state index contributed by atoms with van der Waals surface area (Å²) in [4.78, 5) is 0. The van der Waals surface area contributed by atoms with E-state index in [-0.39, 0.29) is 24.2 Å². The van der Waals surface area contributed by atoms with Crippen molar-refractivity contribution in [1.29, 1.82) is 0 Å². The molecule has 3 nitrogen and oxygen atoms in total. The quantitative estimate of drug-likeness (QED) is 0.850. The average molecular weight is 313 g/mol. The maximum absolute atomic E-state index is 13.1. The average Bonchev–Trinajstić information content (AvgIpc) is 2.26. The molecule has 0 aliphatic carbocycles. The molecule has 0 spiro atoms. The summed E-state index contributed by atoms with van der Waals surface area (Å²) >= 11 is 0. The molecule has 1 rings (SSSR count). The summed E-state index contributed by atoms with van der Waals surface area (Å²) in [5.41, 5.74) is 4.47. The van der Waals surface area contributed by atoms with Crippen LogP contribution in [0.15, 0.2) is 18.2 Å². The van der Waals surface area contributed by atoms with Crippen LogP contribution in [-0.4, -0.2) is 20.4 Å². The van der Waals surface area contributed by atoms with Gasteiger partial charge in [-0.15, -0.1) is 0 Å². The molecule has 1 unspecified atom stereocenters. The number of halogens is 4. The zero-order valence-electron chi connectivity index (χ0n) is 10.7. The van der Waals surface area contributed by atoms with Gasteiger partial charge in [-0.05, 0) is 30.5 Å². The summed E-state index contributed by atoms with van der Waals surface area (Å²) < 4.78 is 72.6. The first kappa shape index (κ1) is 16.9. The van der Waals surface area contributed by atoms with Gasteiger partial charge in [-0.25, -0.2) is 12.8 Å². The molecule has 0 aromatic heterocycles. The second-order valence-electron chi connectivity index (χ2n) is 4.62. The van der Waals surface area contributed by atoms with Gasteiger partial charge in [-0.1, -0.05) is 6.07 Å². The molecule has 0 heterocycles. The highest BCUT2D eigenvalue weighted by Crippen LogP contribution is 2.33. The molecule has 2 N–H and O–H groups in total. The maximum Gasteiger partial charge on any atom is 0.419 e. The first-order chi connectivity index (χ1) is 9.00. The van der Waals surface area contributed by atoms with Gasteiger partial charge in [-0.3, -0.25) is 0 Å². The molecule has 0 aliphatic rings. The van der Waals surface area contributed by atoms with Gasteiger partial charge in [0, 0.05) is 18.1 Å². The third-order valence-electron chi connectivity index (χ3n) is 2.75. The number of alkyl halides is 3. The van der Waals surface area contributed by atoms with Crippen LogP contribution >= 0.6 is 0 Å². The highest BCUT2D eigenvalue weighted by molar-refractivity contribution is 7.90. The number of hydrogen-bond donors (Lipinski definition) is 1. The largest absolute Gasteiger partial charge is 0.419 e. The second-order valence-corrected chi connectivity index (χ2v) is 6.88. The van der Waals surface area contributed by atoms with E-state index in [1.54, 1.807) is 0 Å². The summed E-state index contributed by atoms with van der Waals surface area (Å²) in [6.45, 7) is 0. The molecule has 20 heavy (non-hydrogen) atoms. The standard InChI is InChI=1S/C12H15F4NO2S/c1-20(18,19)6-2-3-11(17)8-4-5-10(13)9(7-8)12(14,15)16/h4-5,7,11H,2-3,6,17H2,1H3. The Kier molecular flexibility index (Phi) is 5.15. The molecule has 0 fully saturated rings. The van der Waals surface area contributed by atoms with E-state index in [1.807, 2.05) is 0 Å². The lowest BCUT2D eigenvalue weighted by Gasteiger charge is -2.15. The van der Waals surface area contributed by atoms with Gasteiger partial charge in [-0.2, -0.15) is 13.2 Å². The maximum atomic E-state index is 13.1. The zero-order chi connectivity index (χ0) is 15.6. The van der Waals surface area contributed by atoms with Crippen molar-refractivity contribution in [2.45, 2.75) is 25.1 Å². The van der Waals surface area contributed by atoms with E-state index in [2.05, 4.69) is 0 Å². The highest BCUT2D eigenvalue weighted by atomic mass is 32.2. The minimum absolute atomic E-state index is 0.0893. The molecule has 0 saturated heterocycles. The third-order valence-corrected chi connectivity index (χ3v) is 3.78. The van der Waals surface area contributed by atoms with Crippen molar-refractivity contribution in [3.8, 4) is 0 Å². The summed E-state index contributed by atoms with van der Waals surface area (Å²) in [5, 5.41) is 0. The number of benzene rings is 1. The molecule has 8 heteroatoms. The van der Waals surface area contributed by atoms with E-state index < -0.39 is 33.4 Å². The Morgan fingerprint density at radius 1 is 1.30 bits per heavy atom. The Morgan fingerprint density at radius 3 is 2.40 bits per heavy atom. The van der Waals surface area contributed by atoms with Crippen molar-refractivity contribution in [3.05, 3.63) is 35.1 Å². The molecule has 1 aromatic rings. The molecular weight excluding hydrogens is 298 g/mol. The normalized spacial score (nSPS) is 14.3. The molecule has 0 aliphatic heterocycles. The lowest BCUT2D eigenvalue weighted by molar-refractivity contribution is -0.140. The fourth-order valence-corrected chi connectivity index (χ4v) is 2.41. The SMILES string of the molecule is CS(=O)(=O)CCCC(N)c1ccc(F)c(C(F)(F)F)c1. The number of sulfone groups is 1.